The zero-order valence-corrected chi connectivity index (χ0v) is 23.3. The van der Waals surface area contributed by atoms with E-state index in [0.29, 0.717) is 40.5 Å². The molecule has 2 aromatic heterocycles. The Hall–Kier alpha value is -4.42. The molecular weight excluding hydrogens is 570 g/mol. The molecule has 210 valence electrons. The molecule has 1 saturated heterocycles. The van der Waals surface area contributed by atoms with E-state index in [1.54, 1.807) is 35.2 Å². The van der Waals surface area contributed by atoms with Gasteiger partial charge in [0.05, 0.1) is 29.1 Å². The van der Waals surface area contributed by atoms with Gasteiger partial charge in [-0.05, 0) is 60.9 Å². The van der Waals surface area contributed by atoms with Crippen LogP contribution in [0.2, 0.25) is 5.02 Å². The van der Waals surface area contributed by atoms with Crippen LogP contribution < -0.4 is 10.4 Å². The van der Waals surface area contributed by atoms with Crippen molar-refractivity contribution >= 4 is 38.6 Å². The van der Waals surface area contributed by atoms with E-state index in [0.717, 1.165) is 0 Å². The molecule has 6 rings (SSSR count). The first kappa shape index (κ1) is 26.8. The van der Waals surface area contributed by atoms with Gasteiger partial charge in [-0.25, -0.2) is 13.2 Å². The molecule has 11 nitrogen and oxygen atoms in total. The van der Waals surface area contributed by atoms with Crippen LogP contribution in [0.15, 0.2) is 93.4 Å². The van der Waals surface area contributed by atoms with Gasteiger partial charge in [0.25, 0.3) is 15.9 Å². The van der Waals surface area contributed by atoms with Crippen LogP contribution in [0.25, 0.3) is 11.0 Å². The Kier molecular flexibility index (Phi) is 6.88. The van der Waals surface area contributed by atoms with Gasteiger partial charge in [0.1, 0.15) is 11.8 Å². The Morgan fingerprint density at radius 3 is 2.51 bits per heavy atom. The second-order valence-corrected chi connectivity index (χ2v) is 11.7. The minimum atomic E-state index is -4.39. The van der Waals surface area contributed by atoms with Gasteiger partial charge in [0.15, 0.2) is 5.82 Å². The van der Waals surface area contributed by atoms with Crippen molar-refractivity contribution in [2.24, 2.45) is 0 Å². The van der Waals surface area contributed by atoms with Crippen LogP contribution in [0.5, 0.6) is 5.75 Å². The number of carbonyl (C=O) groups is 1. The lowest BCUT2D eigenvalue weighted by molar-refractivity contribution is -0.134. The van der Waals surface area contributed by atoms with Gasteiger partial charge in [-0.3, -0.25) is 9.36 Å². The standard InChI is InChI=1S/C28H24ClN5O6S/c1-39-20-10-12-21(13-11-20)41(37,38)34-22-14-9-19(29)16-24(22)33(28(34)36)25(18-6-3-2-4-7-18)27(35)32-15-5-8-23(32)26-30-17-40-31-26/h2-4,6-7,9-14,16-17,23,25H,5,8,15H2,1H3. The largest absolute Gasteiger partial charge is 0.497 e. The van der Waals surface area contributed by atoms with E-state index in [4.69, 9.17) is 20.9 Å². The number of aromatic nitrogens is 4. The van der Waals surface area contributed by atoms with E-state index in [2.05, 4.69) is 10.1 Å². The summed E-state index contributed by atoms with van der Waals surface area (Å²) in [5.74, 6) is 0.413. The first-order valence-corrected chi connectivity index (χ1v) is 14.6. The van der Waals surface area contributed by atoms with Crippen molar-refractivity contribution in [2.75, 3.05) is 13.7 Å². The smallest absolute Gasteiger partial charge is 0.344 e. The van der Waals surface area contributed by atoms with Crippen molar-refractivity contribution in [2.45, 2.75) is 29.8 Å². The Balaban J connectivity index is 1.58. The minimum absolute atomic E-state index is 0.0834. The number of nitrogens with zero attached hydrogens (tertiary/aromatic N) is 5. The maximum Gasteiger partial charge on any atom is 0.344 e. The summed E-state index contributed by atoms with van der Waals surface area (Å²) in [5, 5.41) is 4.21. The molecular formula is C28H24ClN5O6S. The van der Waals surface area contributed by atoms with Crippen LogP contribution in [0.4, 0.5) is 0 Å². The number of ether oxygens (including phenoxy) is 1. The average Bonchev–Trinajstić information content (AvgIpc) is 3.74. The summed E-state index contributed by atoms with van der Waals surface area (Å²) in [7, 11) is -2.92. The highest BCUT2D eigenvalue weighted by Gasteiger charge is 2.40. The molecule has 5 aromatic rings. The Morgan fingerprint density at radius 2 is 1.83 bits per heavy atom. The fourth-order valence-electron chi connectivity index (χ4n) is 5.32. The minimum Gasteiger partial charge on any atom is -0.497 e. The van der Waals surface area contributed by atoms with Crippen molar-refractivity contribution < 1.29 is 22.5 Å². The van der Waals surface area contributed by atoms with Gasteiger partial charge >= 0.3 is 5.69 Å². The van der Waals surface area contributed by atoms with Crippen LogP contribution in [-0.4, -0.2) is 51.6 Å². The van der Waals surface area contributed by atoms with E-state index in [1.807, 2.05) is 0 Å². The van der Waals surface area contributed by atoms with Gasteiger partial charge < -0.3 is 14.2 Å². The summed E-state index contributed by atoms with van der Waals surface area (Å²) in [6, 6.07) is 17.2. The van der Waals surface area contributed by atoms with E-state index in [9.17, 15) is 18.0 Å². The predicted molar refractivity (Wildman–Crippen MR) is 149 cm³/mol. The zero-order chi connectivity index (χ0) is 28.7. The Labute approximate surface area is 239 Å². The highest BCUT2D eigenvalue weighted by molar-refractivity contribution is 7.90. The van der Waals surface area contributed by atoms with E-state index in [1.165, 1.54) is 60.5 Å². The number of methoxy groups -OCH3 is 1. The maximum absolute atomic E-state index is 14.4. The SMILES string of the molecule is COc1ccc(S(=O)(=O)n2c(=O)n(C(C(=O)N3CCCC3c3ncon3)c3ccccc3)c3cc(Cl)ccc32)cc1. The third kappa shape index (κ3) is 4.58. The molecule has 1 aliphatic heterocycles. The number of carbonyl (C=O) groups excluding carboxylic acids is 1. The van der Waals surface area contributed by atoms with Crippen LogP contribution >= 0.6 is 11.6 Å². The number of likely N-dealkylation sites (tertiary alicyclic amines) is 1. The monoisotopic (exact) mass is 593 g/mol. The van der Waals surface area contributed by atoms with Crippen LogP contribution in [0.3, 0.4) is 0 Å². The van der Waals surface area contributed by atoms with Gasteiger partial charge in [-0.15, -0.1) is 0 Å². The molecule has 2 unspecified atom stereocenters. The molecule has 0 bridgehead atoms. The molecule has 0 aliphatic carbocycles. The molecule has 13 heteroatoms. The summed E-state index contributed by atoms with van der Waals surface area (Å²) < 4.78 is 39.8. The quantitative estimate of drug-likeness (QED) is 0.276. The molecule has 2 atom stereocenters. The summed E-state index contributed by atoms with van der Waals surface area (Å²) in [5.41, 5.74) is -0.132. The molecule has 41 heavy (non-hydrogen) atoms. The maximum atomic E-state index is 14.4. The second kappa shape index (κ2) is 10.5. The third-order valence-electron chi connectivity index (χ3n) is 7.21. The number of benzene rings is 3. The summed E-state index contributed by atoms with van der Waals surface area (Å²) >= 11 is 6.35. The van der Waals surface area contributed by atoms with Crippen LogP contribution in [-0.2, 0) is 14.8 Å². The third-order valence-corrected chi connectivity index (χ3v) is 9.15. The molecule has 1 amide bonds. The molecule has 0 saturated carbocycles. The fraction of sp³-hybridized carbons (Fsp3) is 0.214. The Bertz CT molecular complexity index is 1890. The molecule has 1 aliphatic rings. The fourth-order valence-corrected chi connectivity index (χ4v) is 6.88. The second-order valence-electron chi connectivity index (χ2n) is 9.52. The lowest BCUT2D eigenvalue weighted by Gasteiger charge is -2.28. The van der Waals surface area contributed by atoms with Crippen molar-refractivity contribution in [3.63, 3.8) is 0 Å². The molecule has 3 aromatic carbocycles. The van der Waals surface area contributed by atoms with Crippen LogP contribution in [0, 0.1) is 0 Å². The zero-order valence-electron chi connectivity index (χ0n) is 21.8. The van der Waals surface area contributed by atoms with Crippen molar-refractivity contribution in [1.82, 2.24) is 23.6 Å². The van der Waals surface area contributed by atoms with Gasteiger partial charge in [0.2, 0.25) is 6.39 Å². The topological polar surface area (TPSA) is 130 Å². The number of halogens is 1. The van der Waals surface area contributed by atoms with E-state index < -0.39 is 33.7 Å². The number of hydrogen-bond donors (Lipinski definition) is 0. The van der Waals surface area contributed by atoms with Gasteiger partial charge in [-0.1, -0.05) is 47.1 Å². The van der Waals surface area contributed by atoms with Gasteiger partial charge in [-0.2, -0.15) is 8.96 Å². The predicted octanol–water partition coefficient (Wildman–Crippen LogP) is 4.04. The highest BCUT2D eigenvalue weighted by Crippen LogP contribution is 2.35. The van der Waals surface area contributed by atoms with Crippen molar-refractivity contribution in [3.05, 3.63) is 106 Å². The average molecular weight is 594 g/mol. The first-order chi connectivity index (χ1) is 19.8. The number of rotatable bonds is 7. The summed E-state index contributed by atoms with van der Waals surface area (Å²) in [6.45, 7) is 0.402. The van der Waals surface area contributed by atoms with E-state index in [-0.39, 0.29) is 21.0 Å². The number of fused-ring (bicyclic) bond motifs is 1. The molecule has 1 fully saturated rings. The van der Waals surface area contributed by atoms with Crippen molar-refractivity contribution in [3.8, 4) is 5.75 Å². The van der Waals surface area contributed by atoms with Crippen LogP contribution in [0.1, 0.15) is 36.3 Å². The summed E-state index contributed by atoms with van der Waals surface area (Å²) in [6.07, 6.45) is 2.51. The molecule has 0 spiro atoms. The summed E-state index contributed by atoms with van der Waals surface area (Å²) in [4.78, 5) is 34.3. The highest BCUT2D eigenvalue weighted by atomic mass is 35.5. The lowest BCUT2D eigenvalue weighted by Crippen LogP contribution is -2.41. The molecule has 0 N–H and O–H groups in total. The first-order valence-electron chi connectivity index (χ1n) is 12.7. The van der Waals surface area contributed by atoms with E-state index >= 15 is 0 Å². The number of amides is 1. The van der Waals surface area contributed by atoms with Gasteiger partial charge in [0, 0.05) is 11.6 Å². The normalized spacial score (nSPS) is 16.2. The Morgan fingerprint density at radius 1 is 1.07 bits per heavy atom. The number of hydrogen-bond acceptors (Lipinski definition) is 8. The van der Waals surface area contributed by atoms with Crippen molar-refractivity contribution in [1.29, 1.82) is 0 Å². The molecule has 0 radical (unpaired) electrons. The molecule has 3 heterocycles. The number of imidazole rings is 1. The lowest BCUT2D eigenvalue weighted by atomic mass is 10.0.